The molecule has 2 aromatic rings. The summed E-state index contributed by atoms with van der Waals surface area (Å²) in [5, 5.41) is 13.7. The second-order valence-corrected chi connectivity index (χ2v) is 5.13. The van der Waals surface area contributed by atoms with E-state index in [4.69, 9.17) is 9.52 Å². The number of carbonyl (C=O) groups is 2. The van der Waals surface area contributed by atoms with Gasteiger partial charge in [0.05, 0.1) is 5.69 Å². The van der Waals surface area contributed by atoms with Crippen molar-refractivity contribution in [1.29, 1.82) is 0 Å². The van der Waals surface area contributed by atoms with Crippen LogP contribution >= 0.6 is 11.3 Å². The molecule has 1 aliphatic rings. The second kappa shape index (κ2) is 4.51. The van der Waals surface area contributed by atoms with E-state index in [1.165, 1.54) is 23.5 Å². The monoisotopic (exact) mass is 278 g/mol. The molecule has 0 aliphatic heterocycles. The van der Waals surface area contributed by atoms with E-state index in [1.54, 1.807) is 0 Å². The van der Waals surface area contributed by atoms with Gasteiger partial charge in [-0.2, -0.15) is 0 Å². The molecule has 0 spiro atoms. The zero-order valence-corrected chi connectivity index (χ0v) is 10.6. The summed E-state index contributed by atoms with van der Waals surface area (Å²) in [6, 6.07) is 2.57. The average Bonchev–Trinajstić information content (AvgIpc) is 2.92. The van der Waals surface area contributed by atoms with Gasteiger partial charge in [-0.25, -0.2) is 9.78 Å². The molecule has 0 unspecified atom stereocenters. The predicted octanol–water partition coefficient (Wildman–Crippen LogP) is 2.56. The van der Waals surface area contributed by atoms with Crippen LogP contribution in [0, 0.1) is 0 Å². The summed E-state index contributed by atoms with van der Waals surface area (Å²) >= 11 is 1.35. The lowest BCUT2D eigenvalue weighted by Crippen LogP contribution is -2.10. The number of anilines is 1. The van der Waals surface area contributed by atoms with E-state index in [9.17, 15) is 9.59 Å². The van der Waals surface area contributed by atoms with Gasteiger partial charge >= 0.3 is 5.97 Å². The highest BCUT2D eigenvalue weighted by Crippen LogP contribution is 2.40. The SMILES string of the molecule is O=C(O)c1ccc(C(=O)Nc2nc(C3CC3)cs2)o1. The Balaban J connectivity index is 1.70. The van der Waals surface area contributed by atoms with Gasteiger partial charge in [-0.05, 0) is 25.0 Å². The highest BCUT2D eigenvalue weighted by Gasteiger charge is 2.26. The summed E-state index contributed by atoms with van der Waals surface area (Å²) in [7, 11) is 0. The number of carboxylic acids is 1. The van der Waals surface area contributed by atoms with E-state index in [1.807, 2.05) is 5.38 Å². The van der Waals surface area contributed by atoms with Crippen LogP contribution in [0.15, 0.2) is 21.9 Å². The third-order valence-corrected chi connectivity index (χ3v) is 3.55. The number of aromatic nitrogens is 1. The predicted molar refractivity (Wildman–Crippen MR) is 67.7 cm³/mol. The van der Waals surface area contributed by atoms with Crippen LogP contribution in [0.1, 0.15) is 45.6 Å². The van der Waals surface area contributed by atoms with Gasteiger partial charge in [-0.3, -0.25) is 10.1 Å². The smallest absolute Gasteiger partial charge is 0.371 e. The average molecular weight is 278 g/mol. The van der Waals surface area contributed by atoms with E-state index in [0.717, 1.165) is 18.5 Å². The van der Waals surface area contributed by atoms with Crippen molar-refractivity contribution in [3.8, 4) is 0 Å². The zero-order chi connectivity index (χ0) is 13.4. The fourth-order valence-electron chi connectivity index (χ4n) is 1.64. The molecule has 1 fully saturated rings. The molecule has 2 heterocycles. The van der Waals surface area contributed by atoms with E-state index >= 15 is 0 Å². The third kappa shape index (κ3) is 2.50. The summed E-state index contributed by atoms with van der Waals surface area (Å²) in [6.45, 7) is 0. The van der Waals surface area contributed by atoms with Gasteiger partial charge in [0.15, 0.2) is 10.9 Å². The third-order valence-electron chi connectivity index (χ3n) is 2.78. The minimum absolute atomic E-state index is 0.0411. The maximum Gasteiger partial charge on any atom is 0.371 e. The van der Waals surface area contributed by atoms with Crippen LogP contribution in [0.5, 0.6) is 0 Å². The summed E-state index contributed by atoms with van der Waals surface area (Å²) in [5.74, 6) is -1.47. The standard InChI is InChI=1S/C12H10N2O4S/c15-10(8-3-4-9(18-8)11(16)17)14-12-13-7(5-19-12)6-1-2-6/h3-6H,1-2H2,(H,16,17)(H,13,14,15). The van der Waals surface area contributed by atoms with Gasteiger partial charge in [0.1, 0.15) is 0 Å². The van der Waals surface area contributed by atoms with Crippen LogP contribution in [-0.2, 0) is 0 Å². The number of amides is 1. The van der Waals surface area contributed by atoms with Crippen molar-refractivity contribution in [3.63, 3.8) is 0 Å². The molecule has 0 atom stereocenters. The molecule has 0 bridgehead atoms. The lowest BCUT2D eigenvalue weighted by Gasteiger charge is -1.97. The van der Waals surface area contributed by atoms with Gasteiger partial charge in [0.2, 0.25) is 5.76 Å². The summed E-state index contributed by atoms with van der Waals surface area (Å²) < 4.78 is 4.91. The Bertz CT molecular complexity index is 642. The number of furan rings is 1. The Morgan fingerprint density at radius 3 is 2.74 bits per heavy atom. The van der Waals surface area contributed by atoms with Gasteiger partial charge in [-0.15, -0.1) is 11.3 Å². The van der Waals surface area contributed by atoms with E-state index in [2.05, 4.69) is 10.3 Å². The van der Waals surface area contributed by atoms with Crippen molar-refractivity contribution in [2.45, 2.75) is 18.8 Å². The van der Waals surface area contributed by atoms with Gasteiger partial charge in [-0.1, -0.05) is 0 Å². The number of hydrogen-bond donors (Lipinski definition) is 2. The first kappa shape index (κ1) is 11.9. The van der Waals surface area contributed by atoms with Crippen molar-refractivity contribution >= 4 is 28.3 Å². The summed E-state index contributed by atoms with van der Waals surface area (Å²) in [6.07, 6.45) is 2.30. The quantitative estimate of drug-likeness (QED) is 0.896. The van der Waals surface area contributed by atoms with Crippen LogP contribution in [-0.4, -0.2) is 22.0 Å². The molecule has 2 aromatic heterocycles. The van der Waals surface area contributed by atoms with E-state index in [-0.39, 0.29) is 11.5 Å². The van der Waals surface area contributed by atoms with E-state index in [0.29, 0.717) is 11.0 Å². The van der Waals surface area contributed by atoms with Gasteiger partial charge in [0.25, 0.3) is 5.91 Å². The molecular weight excluding hydrogens is 268 g/mol. The van der Waals surface area contributed by atoms with Gasteiger partial charge in [0, 0.05) is 11.3 Å². The second-order valence-electron chi connectivity index (χ2n) is 4.27. The zero-order valence-electron chi connectivity index (χ0n) is 9.75. The minimum Gasteiger partial charge on any atom is -0.475 e. The molecule has 1 aliphatic carbocycles. The summed E-state index contributed by atoms with van der Waals surface area (Å²) in [4.78, 5) is 26.8. The Labute approximate surface area is 112 Å². The number of carboxylic acid groups (broad SMARTS) is 1. The molecule has 6 nitrogen and oxygen atoms in total. The highest BCUT2D eigenvalue weighted by atomic mass is 32.1. The van der Waals surface area contributed by atoms with Crippen LogP contribution < -0.4 is 5.32 Å². The molecule has 2 N–H and O–H groups in total. The number of thiazole rings is 1. The number of nitrogens with one attached hydrogen (secondary N) is 1. The molecule has 98 valence electrons. The topological polar surface area (TPSA) is 92.4 Å². The van der Waals surface area contributed by atoms with Crippen molar-refractivity contribution in [3.05, 3.63) is 34.7 Å². The fourth-order valence-corrected chi connectivity index (χ4v) is 2.43. The van der Waals surface area contributed by atoms with Crippen molar-refractivity contribution < 1.29 is 19.1 Å². The van der Waals surface area contributed by atoms with Crippen molar-refractivity contribution in [2.75, 3.05) is 5.32 Å². The molecule has 0 saturated heterocycles. The van der Waals surface area contributed by atoms with Crippen LogP contribution in [0.3, 0.4) is 0 Å². The number of rotatable bonds is 4. The first-order chi connectivity index (χ1) is 9.13. The first-order valence-corrected chi connectivity index (χ1v) is 6.61. The number of nitrogens with zero attached hydrogens (tertiary/aromatic N) is 1. The lowest BCUT2D eigenvalue weighted by atomic mass is 10.3. The molecule has 0 radical (unpaired) electrons. The van der Waals surface area contributed by atoms with Gasteiger partial charge < -0.3 is 9.52 Å². The van der Waals surface area contributed by atoms with Crippen LogP contribution in [0.25, 0.3) is 0 Å². The largest absolute Gasteiger partial charge is 0.475 e. The van der Waals surface area contributed by atoms with E-state index < -0.39 is 11.9 Å². The molecular formula is C12H10N2O4S. The minimum atomic E-state index is -1.20. The summed E-state index contributed by atoms with van der Waals surface area (Å²) in [5.41, 5.74) is 1.01. The maximum atomic E-state index is 11.8. The number of hydrogen-bond acceptors (Lipinski definition) is 5. The Morgan fingerprint density at radius 1 is 1.37 bits per heavy atom. The first-order valence-electron chi connectivity index (χ1n) is 5.73. The molecule has 7 heteroatoms. The Kier molecular flexibility index (Phi) is 2.83. The fraction of sp³-hybridized carbons (Fsp3) is 0.250. The normalized spacial score (nSPS) is 14.3. The molecule has 3 rings (SSSR count). The maximum absolute atomic E-state index is 11.8. The lowest BCUT2D eigenvalue weighted by molar-refractivity contribution is 0.0660. The van der Waals surface area contributed by atoms with Crippen LogP contribution in [0.2, 0.25) is 0 Å². The van der Waals surface area contributed by atoms with Crippen LogP contribution in [0.4, 0.5) is 5.13 Å². The Morgan fingerprint density at radius 2 is 2.11 bits per heavy atom. The van der Waals surface area contributed by atoms with Crippen molar-refractivity contribution in [2.24, 2.45) is 0 Å². The molecule has 19 heavy (non-hydrogen) atoms. The number of carbonyl (C=O) groups excluding carboxylic acids is 1. The molecule has 1 amide bonds. The molecule has 1 saturated carbocycles. The number of aromatic carboxylic acids is 1. The van der Waals surface area contributed by atoms with Crippen molar-refractivity contribution in [1.82, 2.24) is 4.98 Å². The Hall–Kier alpha value is -2.15. The molecule has 0 aromatic carbocycles. The highest BCUT2D eigenvalue weighted by molar-refractivity contribution is 7.14.